The predicted molar refractivity (Wildman–Crippen MR) is 112 cm³/mol. The molecule has 1 aromatic heterocycles. The number of guanidine groups is 1. The highest BCUT2D eigenvalue weighted by molar-refractivity contribution is 6.34. The molecule has 8 heteroatoms. The molecule has 2 aromatic carbocycles. The molecule has 0 aliphatic heterocycles. The number of furan rings is 1. The van der Waals surface area contributed by atoms with E-state index in [4.69, 9.17) is 44.2 Å². The molecule has 0 fully saturated rings. The van der Waals surface area contributed by atoms with Gasteiger partial charge in [0.15, 0.2) is 5.96 Å². The van der Waals surface area contributed by atoms with Gasteiger partial charge in [-0.15, -0.1) is 0 Å². The van der Waals surface area contributed by atoms with Gasteiger partial charge in [-0.3, -0.25) is 10.8 Å². The van der Waals surface area contributed by atoms with E-state index in [0.29, 0.717) is 38.7 Å². The summed E-state index contributed by atoms with van der Waals surface area (Å²) in [7, 11) is 0. The van der Waals surface area contributed by atoms with Crippen LogP contribution in [-0.2, 0) is 0 Å². The van der Waals surface area contributed by atoms with Gasteiger partial charge in [0.25, 0.3) is 0 Å². The fourth-order valence-electron chi connectivity index (χ4n) is 2.58. The fraction of sp³-hybridized carbons (Fsp3) is 0.0526. The van der Waals surface area contributed by atoms with Crippen LogP contribution in [0.15, 0.2) is 52.9 Å². The molecule has 6 nitrogen and oxygen atoms in total. The van der Waals surface area contributed by atoms with Crippen LogP contribution in [0.5, 0.6) is 0 Å². The Hall–Kier alpha value is -2.96. The zero-order valence-electron chi connectivity index (χ0n) is 14.4. The summed E-state index contributed by atoms with van der Waals surface area (Å²) in [5.74, 6) is 1.37. The summed E-state index contributed by atoms with van der Waals surface area (Å²) in [5.41, 5.74) is 8.13. The molecule has 0 bridgehead atoms. The van der Waals surface area contributed by atoms with Crippen LogP contribution in [0.3, 0.4) is 0 Å². The third kappa shape index (κ3) is 4.42. The lowest BCUT2D eigenvalue weighted by atomic mass is 10.1. The average Bonchev–Trinajstić information content (AvgIpc) is 3.03. The van der Waals surface area contributed by atoms with E-state index in [1.165, 1.54) is 0 Å². The van der Waals surface area contributed by atoms with Crippen molar-refractivity contribution in [2.75, 3.05) is 10.6 Å². The second-order valence-corrected chi connectivity index (χ2v) is 6.66. The predicted octanol–water partition coefficient (Wildman–Crippen LogP) is 5.63. The van der Waals surface area contributed by atoms with Crippen molar-refractivity contribution < 1.29 is 4.42 Å². The Bertz CT molecular complexity index is 949. The highest BCUT2D eigenvalue weighted by Crippen LogP contribution is 2.37. The first-order valence-electron chi connectivity index (χ1n) is 7.96. The lowest BCUT2D eigenvalue weighted by Crippen LogP contribution is -2.20. The molecule has 6 N–H and O–H groups in total. The van der Waals surface area contributed by atoms with Crippen molar-refractivity contribution in [3.05, 3.63) is 58.6 Å². The first-order valence-corrected chi connectivity index (χ1v) is 8.72. The summed E-state index contributed by atoms with van der Waals surface area (Å²) in [6.45, 7) is 1.65. The first kappa shape index (κ1) is 18.8. The van der Waals surface area contributed by atoms with Gasteiger partial charge in [-0.25, -0.2) is 0 Å². The molecule has 0 aliphatic rings. The third-order valence-corrected chi connectivity index (χ3v) is 4.31. The summed E-state index contributed by atoms with van der Waals surface area (Å²) in [6, 6.07) is 14.3. The van der Waals surface area contributed by atoms with E-state index in [2.05, 4.69) is 10.6 Å². The zero-order chi connectivity index (χ0) is 19.6. The molecule has 3 aromatic rings. The van der Waals surface area contributed by atoms with Gasteiger partial charge in [0.2, 0.25) is 0 Å². The van der Waals surface area contributed by atoms with E-state index < -0.39 is 0 Å². The molecule has 138 valence electrons. The molecular formula is C19H17Cl2N5O. The maximum absolute atomic E-state index is 7.48. The lowest BCUT2D eigenvalue weighted by molar-refractivity contribution is 0.597. The highest BCUT2D eigenvalue weighted by atomic mass is 35.5. The summed E-state index contributed by atoms with van der Waals surface area (Å²) in [6.07, 6.45) is 0. The summed E-state index contributed by atoms with van der Waals surface area (Å²) in [5, 5.41) is 21.3. The van der Waals surface area contributed by atoms with Crippen molar-refractivity contribution in [1.82, 2.24) is 0 Å². The molecule has 0 atom stereocenters. The molecule has 0 unspecified atom stereocenters. The van der Waals surface area contributed by atoms with Crippen molar-refractivity contribution in [3.63, 3.8) is 0 Å². The summed E-state index contributed by atoms with van der Waals surface area (Å²) >= 11 is 12.7. The van der Waals surface area contributed by atoms with E-state index in [0.717, 1.165) is 11.3 Å². The minimum absolute atomic E-state index is 0.162. The van der Waals surface area contributed by atoms with Gasteiger partial charge in [-0.05, 0) is 55.5 Å². The molecule has 0 radical (unpaired) electrons. The van der Waals surface area contributed by atoms with E-state index in [9.17, 15) is 0 Å². The number of hydrogen-bond acceptors (Lipinski definition) is 3. The van der Waals surface area contributed by atoms with Crippen LogP contribution in [0.25, 0.3) is 22.6 Å². The number of anilines is 2. The van der Waals surface area contributed by atoms with Gasteiger partial charge >= 0.3 is 0 Å². The number of amidine groups is 1. The number of nitrogens with two attached hydrogens (primary N) is 1. The van der Waals surface area contributed by atoms with Crippen LogP contribution >= 0.6 is 23.2 Å². The van der Waals surface area contributed by atoms with Gasteiger partial charge in [0, 0.05) is 22.5 Å². The van der Waals surface area contributed by atoms with Crippen LogP contribution in [0.2, 0.25) is 10.0 Å². The van der Waals surface area contributed by atoms with Crippen LogP contribution in [-0.4, -0.2) is 11.8 Å². The SMILES string of the molecule is CC(=N)Nc1ccc(-c2ccc(-c3ccc(NC(=N)N)cc3Cl)o2)c(Cl)c1. The minimum Gasteiger partial charge on any atom is -0.456 e. The number of rotatable bonds is 4. The Kier molecular flexibility index (Phi) is 5.39. The average molecular weight is 402 g/mol. The standard InChI is InChI=1S/C19H17Cl2N5O/c1-10(22)25-11-2-4-13(15(20)8-11)17-6-7-18(27-17)14-5-3-12(9-16(14)21)26-19(23)24/h2-9H,1H3,(H2,22,25)(H4,23,24,26). The Balaban J connectivity index is 1.89. The van der Waals surface area contributed by atoms with E-state index >= 15 is 0 Å². The van der Waals surface area contributed by atoms with Gasteiger partial charge in [-0.1, -0.05) is 23.2 Å². The molecule has 0 saturated heterocycles. The Morgan fingerprint density at radius 1 is 0.852 bits per heavy atom. The molecule has 0 spiro atoms. The van der Waals surface area contributed by atoms with E-state index in [1.54, 1.807) is 31.2 Å². The normalized spacial score (nSPS) is 10.5. The van der Waals surface area contributed by atoms with Crippen LogP contribution in [0.4, 0.5) is 11.4 Å². The highest BCUT2D eigenvalue weighted by Gasteiger charge is 2.13. The zero-order valence-corrected chi connectivity index (χ0v) is 15.9. The first-order chi connectivity index (χ1) is 12.8. The van der Waals surface area contributed by atoms with Crippen molar-refractivity contribution in [2.45, 2.75) is 6.92 Å². The van der Waals surface area contributed by atoms with Crippen molar-refractivity contribution in [1.29, 1.82) is 10.8 Å². The second kappa shape index (κ2) is 7.73. The quantitative estimate of drug-likeness (QED) is 0.287. The summed E-state index contributed by atoms with van der Waals surface area (Å²) in [4.78, 5) is 0. The molecule has 27 heavy (non-hydrogen) atoms. The van der Waals surface area contributed by atoms with Crippen LogP contribution in [0.1, 0.15) is 6.92 Å². The Morgan fingerprint density at radius 2 is 1.33 bits per heavy atom. The number of halogens is 2. The second-order valence-electron chi connectivity index (χ2n) is 5.84. The topological polar surface area (TPSA) is 111 Å². The smallest absolute Gasteiger partial charge is 0.190 e. The maximum atomic E-state index is 7.48. The largest absolute Gasteiger partial charge is 0.456 e. The molecule has 0 amide bonds. The Morgan fingerprint density at radius 3 is 1.74 bits per heavy atom. The van der Waals surface area contributed by atoms with Crippen molar-refractivity contribution in [2.24, 2.45) is 5.73 Å². The number of benzene rings is 2. The molecule has 0 aliphatic carbocycles. The lowest BCUT2D eigenvalue weighted by Gasteiger charge is -2.08. The monoisotopic (exact) mass is 401 g/mol. The summed E-state index contributed by atoms with van der Waals surface area (Å²) < 4.78 is 5.94. The van der Waals surface area contributed by atoms with Gasteiger partial charge in [0.05, 0.1) is 15.9 Å². The molecule has 0 saturated carbocycles. The van der Waals surface area contributed by atoms with Gasteiger partial charge in [0.1, 0.15) is 11.5 Å². The van der Waals surface area contributed by atoms with Gasteiger partial charge < -0.3 is 20.8 Å². The molecule has 1 heterocycles. The van der Waals surface area contributed by atoms with Crippen LogP contribution < -0.4 is 16.4 Å². The minimum atomic E-state index is -0.162. The van der Waals surface area contributed by atoms with E-state index in [-0.39, 0.29) is 5.96 Å². The Labute approximate surface area is 166 Å². The van der Waals surface area contributed by atoms with Gasteiger partial charge in [-0.2, -0.15) is 0 Å². The van der Waals surface area contributed by atoms with E-state index in [1.807, 2.05) is 24.3 Å². The number of hydrogen-bond donors (Lipinski definition) is 5. The molecular weight excluding hydrogens is 385 g/mol. The number of nitrogens with one attached hydrogen (secondary N) is 4. The van der Waals surface area contributed by atoms with Crippen molar-refractivity contribution in [3.8, 4) is 22.6 Å². The maximum Gasteiger partial charge on any atom is 0.190 e. The third-order valence-electron chi connectivity index (χ3n) is 3.69. The van der Waals surface area contributed by atoms with Crippen molar-refractivity contribution >= 4 is 46.4 Å². The fourth-order valence-corrected chi connectivity index (χ4v) is 3.13. The molecule has 3 rings (SSSR count). The van der Waals surface area contributed by atoms with Crippen LogP contribution in [0, 0.1) is 10.8 Å².